The van der Waals surface area contributed by atoms with Crippen LogP contribution in [0.15, 0.2) is 77.4 Å². The van der Waals surface area contributed by atoms with Crippen LogP contribution in [0.5, 0.6) is 0 Å². The Morgan fingerprint density at radius 1 is 1.03 bits per heavy atom. The zero-order valence-electron chi connectivity index (χ0n) is 20.1. The largest absolute Gasteiger partial charge is 0.481 e. The van der Waals surface area contributed by atoms with Crippen molar-refractivity contribution in [2.75, 3.05) is 11.9 Å². The molecule has 0 bridgehead atoms. The number of pyridine rings is 1. The van der Waals surface area contributed by atoms with Crippen molar-refractivity contribution in [1.29, 1.82) is 0 Å². The third-order valence-electron chi connectivity index (χ3n) is 5.90. The van der Waals surface area contributed by atoms with Gasteiger partial charge in [0.25, 0.3) is 0 Å². The summed E-state index contributed by atoms with van der Waals surface area (Å²) in [5.74, 6) is -0.978. The van der Waals surface area contributed by atoms with Gasteiger partial charge in [-0.2, -0.15) is 0 Å². The average molecular weight is 486 g/mol. The summed E-state index contributed by atoms with van der Waals surface area (Å²) < 4.78 is 10.8. The summed E-state index contributed by atoms with van der Waals surface area (Å²) in [5.41, 5.74) is 5.02. The molecule has 4 aromatic rings. The Balaban J connectivity index is 1.43. The first kappa shape index (κ1) is 24.7. The second kappa shape index (κ2) is 11.3. The molecule has 1 atom stereocenters. The van der Waals surface area contributed by atoms with Gasteiger partial charge in [0, 0.05) is 23.7 Å². The maximum absolute atomic E-state index is 12.4. The lowest BCUT2D eigenvalue weighted by atomic mass is 9.95. The Kier molecular flexibility index (Phi) is 7.75. The molecule has 0 spiro atoms. The SMILES string of the molecule is CC[C@@H](C(=O)O)c1ccc(-c2ccc(-c3onc(C)c3NC(=O)OCCc3ccccc3)cn2)cc1. The van der Waals surface area contributed by atoms with Gasteiger partial charge in [0.15, 0.2) is 5.76 Å². The van der Waals surface area contributed by atoms with E-state index in [0.29, 0.717) is 35.5 Å². The second-order valence-corrected chi connectivity index (χ2v) is 8.32. The summed E-state index contributed by atoms with van der Waals surface area (Å²) in [4.78, 5) is 28.3. The number of amides is 1. The van der Waals surface area contributed by atoms with Gasteiger partial charge in [-0.25, -0.2) is 4.79 Å². The molecule has 2 heterocycles. The van der Waals surface area contributed by atoms with Gasteiger partial charge in [-0.1, -0.05) is 66.7 Å². The van der Waals surface area contributed by atoms with Gasteiger partial charge in [-0.3, -0.25) is 15.1 Å². The quantitative estimate of drug-likeness (QED) is 0.295. The number of hydrogen-bond donors (Lipinski definition) is 2. The molecule has 0 unspecified atom stereocenters. The minimum atomic E-state index is -0.834. The lowest BCUT2D eigenvalue weighted by Gasteiger charge is -2.11. The van der Waals surface area contributed by atoms with Gasteiger partial charge in [0.2, 0.25) is 0 Å². The van der Waals surface area contributed by atoms with E-state index in [1.807, 2.05) is 73.7 Å². The Hall–Kier alpha value is -4.46. The monoisotopic (exact) mass is 485 g/mol. The van der Waals surface area contributed by atoms with Crippen LogP contribution in [0.2, 0.25) is 0 Å². The second-order valence-electron chi connectivity index (χ2n) is 8.32. The fraction of sp³-hybridized carbons (Fsp3) is 0.214. The molecule has 2 aromatic carbocycles. The highest BCUT2D eigenvalue weighted by Crippen LogP contribution is 2.32. The number of aryl methyl sites for hydroxylation is 1. The summed E-state index contributed by atoms with van der Waals surface area (Å²) in [7, 11) is 0. The number of aliphatic carboxylic acids is 1. The zero-order valence-corrected chi connectivity index (χ0v) is 20.1. The Morgan fingerprint density at radius 3 is 2.39 bits per heavy atom. The predicted octanol–water partition coefficient (Wildman–Crippen LogP) is 6.08. The Labute approximate surface area is 208 Å². The highest BCUT2D eigenvalue weighted by atomic mass is 16.5. The number of aromatic nitrogens is 2. The predicted molar refractivity (Wildman–Crippen MR) is 136 cm³/mol. The molecule has 184 valence electrons. The van der Waals surface area contributed by atoms with Crippen LogP contribution in [-0.2, 0) is 16.0 Å². The third-order valence-corrected chi connectivity index (χ3v) is 5.90. The van der Waals surface area contributed by atoms with Crippen molar-refractivity contribution in [3.05, 3.63) is 89.7 Å². The van der Waals surface area contributed by atoms with E-state index in [4.69, 9.17) is 9.26 Å². The van der Waals surface area contributed by atoms with Crippen LogP contribution in [0.3, 0.4) is 0 Å². The summed E-state index contributed by atoms with van der Waals surface area (Å²) in [6, 6.07) is 20.8. The standard InChI is InChI=1S/C28H27N3O5/c1-3-23(27(32)33)20-9-11-21(12-10-20)24-14-13-22(17-29-24)26-25(18(2)31-36-26)30-28(34)35-16-15-19-7-5-4-6-8-19/h4-14,17,23H,3,15-16H2,1-2H3,(H,30,34)(H,32,33)/t23-/m1/s1. The molecule has 4 rings (SSSR count). The molecular formula is C28H27N3O5. The first-order valence-electron chi connectivity index (χ1n) is 11.7. The summed E-state index contributed by atoms with van der Waals surface area (Å²) in [6.45, 7) is 3.83. The number of benzene rings is 2. The normalized spacial score (nSPS) is 11.6. The molecule has 2 N–H and O–H groups in total. The average Bonchev–Trinajstić information content (AvgIpc) is 3.25. The first-order valence-corrected chi connectivity index (χ1v) is 11.7. The minimum absolute atomic E-state index is 0.246. The molecule has 0 aliphatic carbocycles. The van der Waals surface area contributed by atoms with E-state index in [9.17, 15) is 14.7 Å². The van der Waals surface area contributed by atoms with Crippen molar-refractivity contribution in [3.8, 4) is 22.6 Å². The van der Waals surface area contributed by atoms with E-state index in [-0.39, 0.29) is 6.61 Å². The molecule has 8 heteroatoms. The van der Waals surface area contributed by atoms with Gasteiger partial charge in [0.05, 0.1) is 18.2 Å². The Bertz CT molecular complexity index is 1320. The van der Waals surface area contributed by atoms with Crippen LogP contribution in [0, 0.1) is 6.92 Å². The molecule has 0 saturated heterocycles. The van der Waals surface area contributed by atoms with Crippen LogP contribution < -0.4 is 5.32 Å². The van der Waals surface area contributed by atoms with Gasteiger partial charge in [0.1, 0.15) is 11.4 Å². The van der Waals surface area contributed by atoms with Crippen molar-refractivity contribution in [2.24, 2.45) is 0 Å². The lowest BCUT2D eigenvalue weighted by molar-refractivity contribution is -0.138. The van der Waals surface area contributed by atoms with Crippen LogP contribution in [0.25, 0.3) is 22.6 Å². The molecule has 8 nitrogen and oxygen atoms in total. The van der Waals surface area contributed by atoms with E-state index >= 15 is 0 Å². The molecule has 0 radical (unpaired) electrons. The Morgan fingerprint density at radius 2 is 1.75 bits per heavy atom. The number of rotatable bonds is 9. The number of carboxylic acids is 1. The zero-order chi connectivity index (χ0) is 25.5. The fourth-order valence-electron chi connectivity index (χ4n) is 3.90. The molecule has 2 aromatic heterocycles. The number of nitrogens with one attached hydrogen (secondary N) is 1. The summed E-state index contributed by atoms with van der Waals surface area (Å²) >= 11 is 0. The number of carbonyl (C=O) groups excluding carboxylic acids is 1. The van der Waals surface area contributed by atoms with Crippen molar-refractivity contribution in [3.63, 3.8) is 0 Å². The van der Waals surface area contributed by atoms with Crippen molar-refractivity contribution in [1.82, 2.24) is 10.1 Å². The van der Waals surface area contributed by atoms with E-state index in [1.54, 1.807) is 13.1 Å². The van der Waals surface area contributed by atoms with Crippen LogP contribution in [0.4, 0.5) is 10.5 Å². The number of anilines is 1. The van der Waals surface area contributed by atoms with Gasteiger partial charge in [-0.15, -0.1) is 0 Å². The van der Waals surface area contributed by atoms with Crippen molar-refractivity contribution < 1.29 is 24.0 Å². The molecule has 36 heavy (non-hydrogen) atoms. The van der Waals surface area contributed by atoms with Gasteiger partial charge >= 0.3 is 12.1 Å². The summed E-state index contributed by atoms with van der Waals surface area (Å²) in [6.07, 6.45) is 2.19. The highest BCUT2D eigenvalue weighted by Gasteiger charge is 2.19. The van der Waals surface area contributed by atoms with Crippen LogP contribution in [0.1, 0.15) is 36.1 Å². The van der Waals surface area contributed by atoms with Gasteiger partial charge in [-0.05, 0) is 36.6 Å². The van der Waals surface area contributed by atoms with Gasteiger partial charge < -0.3 is 14.4 Å². The molecular weight excluding hydrogens is 458 g/mol. The van der Waals surface area contributed by atoms with Crippen molar-refractivity contribution >= 4 is 17.7 Å². The number of nitrogens with zero attached hydrogens (tertiary/aromatic N) is 2. The number of ether oxygens (including phenoxy) is 1. The minimum Gasteiger partial charge on any atom is -0.481 e. The molecule has 0 saturated carbocycles. The summed E-state index contributed by atoms with van der Waals surface area (Å²) in [5, 5.41) is 16.1. The molecule has 1 amide bonds. The molecule has 0 aliphatic heterocycles. The van der Waals surface area contributed by atoms with E-state index in [2.05, 4.69) is 15.5 Å². The highest BCUT2D eigenvalue weighted by molar-refractivity contribution is 5.90. The molecule has 0 aliphatic rings. The number of hydrogen-bond acceptors (Lipinski definition) is 6. The third kappa shape index (κ3) is 5.78. The van der Waals surface area contributed by atoms with E-state index in [1.165, 1.54) is 0 Å². The van der Waals surface area contributed by atoms with E-state index in [0.717, 1.165) is 22.4 Å². The van der Waals surface area contributed by atoms with Crippen LogP contribution in [-0.4, -0.2) is 33.9 Å². The smallest absolute Gasteiger partial charge is 0.411 e. The lowest BCUT2D eigenvalue weighted by Crippen LogP contribution is -2.16. The maximum Gasteiger partial charge on any atom is 0.411 e. The fourth-order valence-corrected chi connectivity index (χ4v) is 3.90. The van der Waals surface area contributed by atoms with Crippen LogP contribution >= 0.6 is 0 Å². The number of carbonyl (C=O) groups is 2. The maximum atomic E-state index is 12.4. The van der Waals surface area contributed by atoms with E-state index < -0.39 is 18.0 Å². The first-order chi connectivity index (χ1) is 17.5. The van der Waals surface area contributed by atoms with Crippen molar-refractivity contribution in [2.45, 2.75) is 32.6 Å². The number of carboxylic acid groups (broad SMARTS) is 1. The molecule has 0 fully saturated rings. The topological polar surface area (TPSA) is 115 Å².